The summed E-state index contributed by atoms with van der Waals surface area (Å²) in [5.74, 6) is 0. The van der Waals surface area contributed by atoms with E-state index < -0.39 is 5.41 Å². The highest BCUT2D eigenvalue weighted by atomic mass is 15.1. The van der Waals surface area contributed by atoms with E-state index in [0.717, 1.165) is 11.4 Å². The van der Waals surface area contributed by atoms with E-state index in [9.17, 15) is 0 Å². The first-order chi connectivity index (χ1) is 28.7. The fraction of sp³-hybridized carbons (Fsp3) is 0.172. The minimum absolute atomic E-state index is 0.0684. The van der Waals surface area contributed by atoms with Crippen LogP contribution >= 0.6 is 0 Å². The van der Waals surface area contributed by atoms with Crippen LogP contribution in [0.5, 0.6) is 0 Å². The largest absolute Gasteiger partial charge is 0.310 e. The van der Waals surface area contributed by atoms with E-state index in [2.05, 4.69) is 234 Å². The molecular formula is C58H51N. The van der Waals surface area contributed by atoms with Crippen LogP contribution in [0.15, 0.2) is 194 Å². The molecule has 10 rings (SSSR count). The molecular weight excluding hydrogens is 711 g/mol. The van der Waals surface area contributed by atoms with Gasteiger partial charge in [0.1, 0.15) is 0 Å². The molecule has 2 aliphatic carbocycles. The van der Waals surface area contributed by atoms with Gasteiger partial charge in [-0.2, -0.15) is 0 Å². The molecule has 288 valence electrons. The molecule has 0 aromatic heterocycles. The summed E-state index contributed by atoms with van der Waals surface area (Å²) in [5, 5.41) is 0. The zero-order valence-corrected chi connectivity index (χ0v) is 34.8. The van der Waals surface area contributed by atoms with Gasteiger partial charge in [0.15, 0.2) is 0 Å². The summed E-state index contributed by atoms with van der Waals surface area (Å²) in [6, 6.07) is 72.4. The second-order valence-corrected chi connectivity index (χ2v) is 18.0. The average Bonchev–Trinajstić information content (AvgIpc) is 3.56. The fourth-order valence-corrected chi connectivity index (χ4v) is 10.3. The smallest absolute Gasteiger partial charge is 0.0714 e. The quantitative estimate of drug-likeness (QED) is 0.156. The zero-order chi connectivity index (χ0) is 40.4. The van der Waals surface area contributed by atoms with E-state index in [4.69, 9.17) is 0 Å². The number of benzene rings is 8. The Morgan fingerprint density at radius 3 is 1.47 bits per heavy atom. The van der Waals surface area contributed by atoms with Crippen LogP contribution in [0, 0.1) is 6.92 Å². The van der Waals surface area contributed by atoms with Gasteiger partial charge in [-0.25, -0.2) is 0 Å². The van der Waals surface area contributed by atoms with E-state index in [0.29, 0.717) is 0 Å². The molecule has 0 radical (unpaired) electrons. The van der Waals surface area contributed by atoms with Gasteiger partial charge in [0.25, 0.3) is 0 Å². The molecule has 0 aliphatic heterocycles. The van der Waals surface area contributed by atoms with Crippen LogP contribution in [-0.2, 0) is 16.2 Å². The molecule has 1 heteroatoms. The molecule has 0 heterocycles. The maximum Gasteiger partial charge on any atom is 0.0714 e. The third kappa shape index (κ3) is 5.98. The van der Waals surface area contributed by atoms with Crippen LogP contribution in [0.4, 0.5) is 17.1 Å². The van der Waals surface area contributed by atoms with Crippen molar-refractivity contribution in [1.82, 2.24) is 0 Å². The van der Waals surface area contributed by atoms with Crippen molar-refractivity contribution in [1.29, 1.82) is 0 Å². The first-order valence-electron chi connectivity index (χ1n) is 21.2. The van der Waals surface area contributed by atoms with Crippen molar-refractivity contribution in [2.45, 2.75) is 63.7 Å². The first-order valence-corrected chi connectivity index (χ1v) is 21.2. The summed E-state index contributed by atoms with van der Waals surface area (Å²) >= 11 is 0. The van der Waals surface area contributed by atoms with Crippen molar-refractivity contribution in [2.24, 2.45) is 0 Å². The number of fused-ring (bicyclic) bond motifs is 4. The van der Waals surface area contributed by atoms with Crippen LogP contribution < -0.4 is 4.90 Å². The molecule has 8 aromatic rings. The zero-order valence-electron chi connectivity index (χ0n) is 34.8. The number of rotatable bonds is 7. The Labute approximate surface area is 350 Å². The molecule has 0 N–H and O–H groups in total. The summed E-state index contributed by atoms with van der Waals surface area (Å²) in [6.45, 7) is 12.1. The SMILES string of the molecule is Cc1cc2c(cc1-c1cc3c(cc1N(c1ccccc1)c1ccc(-c4ccccc4)cc1)C(c1ccccc1)(c1ccccc1)c1ccccc1-3)C(C)(C)CCC2(C)C. The molecule has 0 saturated carbocycles. The summed E-state index contributed by atoms with van der Waals surface area (Å²) in [5.41, 5.74) is 20.0. The van der Waals surface area contributed by atoms with E-state index in [1.54, 1.807) is 0 Å². The van der Waals surface area contributed by atoms with Crippen molar-refractivity contribution < 1.29 is 0 Å². The predicted octanol–water partition coefficient (Wildman–Crippen LogP) is 15.5. The number of anilines is 3. The van der Waals surface area contributed by atoms with Gasteiger partial charge in [-0.05, 0) is 140 Å². The van der Waals surface area contributed by atoms with Crippen molar-refractivity contribution >= 4 is 17.1 Å². The molecule has 0 spiro atoms. The predicted molar refractivity (Wildman–Crippen MR) is 249 cm³/mol. The average molecular weight is 762 g/mol. The van der Waals surface area contributed by atoms with Gasteiger partial charge >= 0.3 is 0 Å². The number of para-hydroxylation sites is 1. The highest BCUT2D eigenvalue weighted by Crippen LogP contribution is 2.59. The lowest BCUT2D eigenvalue weighted by atomic mass is 9.62. The number of hydrogen-bond donors (Lipinski definition) is 0. The van der Waals surface area contributed by atoms with Crippen molar-refractivity contribution in [3.63, 3.8) is 0 Å². The van der Waals surface area contributed by atoms with Crippen LogP contribution in [-0.4, -0.2) is 0 Å². The summed E-state index contributed by atoms with van der Waals surface area (Å²) in [7, 11) is 0. The van der Waals surface area contributed by atoms with Gasteiger partial charge in [0.05, 0.1) is 11.1 Å². The first kappa shape index (κ1) is 36.9. The second kappa shape index (κ2) is 14.1. The number of nitrogens with zero attached hydrogens (tertiary/aromatic N) is 1. The maximum atomic E-state index is 2.57. The van der Waals surface area contributed by atoms with Gasteiger partial charge < -0.3 is 4.90 Å². The van der Waals surface area contributed by atoms with Gasteiger partial charge in [-0.3, -0.25) is 0 Å². The lowest BCUT2D eigenvalue weighted by Gasteiger charge is -2.42. The number of hydrogen-bond acceptors (Lipinski definition) is 1. The van der Waals surface area contributed by atoms with Crippen LogP contribution in [0.1, 0.15) is 79.5 Å². The molecule has 0 unspecified atom stereocenters. The van der Waals surface area contributed by atoms with Crippen molar-refractivity contribution in [3.8, 4) is 33.4 Å². The van der Waals surface area contributed by atoms with E-state index >= 15 is 0 Å². The molecule has 59 heavy (non-hydrogen) atoms. The van der Waals surface area contributed by atoms with E-state index in [1.807, 2.05) is 0 Å². The highest BCUT2D eigenvalue weighted by Gasteiger charge is 2.47. The summed E-state index contributed by atoms with van der Waals surface area (Å²) in [6.07, 6.45) is 2.36. The Hall–Kier alpha value is -6.44. The Balaban J connectivity index is 1.32. The van der Waals surface area contributed by atoms with Gasteiger partial charge in [0, 0.05) is 16.9 Å². The summed E-state index contributed by atoms with van der Waals surface area (Å²) < 4.78 is 0. The molecule has 1 nitrogen and oxygen atoms in total. The Morgan fingerprint density at radius 1 is 0.373 bits per heavy atom. The Morgan fingerprint density at radius 2 is 0.864 bits per heavy atom. The normalized spacial score (nSPS) is 15.5. The topological polar surface area (TPSA) is 3.24 Å². The van der Waals surface area contributed by atoms with Crippen molar-refractivity contribution in [2.75, 3.05) is 4.90 Å². The third-order valence-corrected chi connectivity index (χ3v) is 13.6. The lowest BCUT2D eigenvalue weighted by Crippen LogP contribution is -2.34. The van der Waals surface area contributed by atoms with E-state index in [1.165, 1.54) is 90.9 Å². The molecule has 0 saturated heterocycles. The standard InChI is InChI=1S/C58H51N/c1-40-36-53-54(57(4,5)35-34-56(53,2)3)38-48(40)50-37-49-47-28-18-19-29-51(47)58(43-22-12-7-13-23-43,44-24-14-8-15-25-44)52(49)39-55(50)59(45-26-16-9-17-27-45)46-32-30-42(31-33-46)41-20-10-6-11-21-41/h6-33,36-39H,34-35H2,1-5H3. The molecule has 0 amide bonds. The molecule has 0 bridgehead atoms. The van der Waals surface area contributed by atoms with E-state index in [-0.39, 0.29) is 10.8 Å². The molecule has 0 fully saturated rings. The maximum absolute atomic E-state index is 2.57. The molecule has 2 aliphatic rings. The minimum atomic E-state index is -0.530. The van der Waals surface area contributed by atoms with Gasteiger partial charge in [-0.15, -0.1) is 0 Å². The third-order valence-electron chi connectivity index (χ3n) is 13.6. The number of aryl methyl sites for hydroxylation is 1. The highest BCUT2D eigenvalue weighted by molar-refractivity contribution is 5.97. The van der Waals surface area contributed by atoms with Crippen molar-refractivity contribution in [3.05, 3.63) is 233 Å². The van der Waals surface area contributed by atoms with Crippen LogP contribution in [0.25, 0.3) is 33.4 Å². The minimum Gasteiger partial charge on any atom is -0.310 e. The summed E-state index contributed by atoms with van der Waals surface area (Å²) in [4.78, 5) is 2.50. The van der Waals surface area contributed by atoms with Crippen LogP contribution in [0.3, 0.4) is 0 Å². The Bertz CT molecular complexity index is 2760. The van der Waals surface area contributed by atoms with Gasteiger partial charge in [0.2, 0.25) is 0 Å². The van der Waals surface area contributed by atoms with Crippen LogP contribution in [0.2, 0.25) is 0 Å². The lowest BCUT2D eigenvalue weighted by molar-refractivity contribution is 0.332. The fourth-order valence-electron chi connectivity index (χ4n) is 10.3. The Kier molecular flexibility index (Phi) is 8.83. The molecule has 8 aromatic carbocycles. The second-order valence-electron chi connectivity index (χ2n) is 18.0. The monoisotopic (exact) mass is 761 g/mol. The van der Waals surface area contributed by atoms with Gasteiger partial charge in [-0.1, -0.05) is 179 Å². The molecule has 0 atom stereocenters.